The highest BCUT2D eigenvalue weighted by Crippen LogP contribution is 2.12. The van der Waals surface area contributed by atoms with Gasteiger partial charge in [0.25, 0.3) is 0 Å². The second kappa shape index (κ2) is 7.28. The maximum Gasteiger partial charge on any atom is 0.315 e. The molecule has 8 nitrogen and oxygen atoms in total. The average molecular weight is 332 g/mol. The van der Waals surface area contributed by atoms with Gasteiger partial charge in [-0.05, 0) is 19.3 Å². The van der Waals surface area contributed by atoms with Crippen molar-refractivity contribution in [3.63, 3.8) is 0 Å². The van der Waals surface area contributed by atoms with E-state index in [0.717, 1.165) is 25.9 Å². The van der Waals surface area contributed by atoms with E-state index in [2.05, 4.69) is 20.9 Å². The Balaban J connectivity index is 1.67. The highest BCUT2D eigenvalue weighted by atomic mass is 32.2. The Kier molecular flexibility index (Phi) is 5.63. The SMILES string of the molecule is CNC(=O)CN1CCC(NC(=O)NC2CCS(=O)(=O)C2)CC1. The lowest BCUT2D eigenvalue weighted by Crippen LogP contribution is -2.51. The molecule has 126 valence electrons. The summed E-state index contributed by atoms with van der Waals surface area (Å²) in [5.41, 5.74) is 0. The number of hydrogen-bond acceptors (Lipinski definition) is 5. The Hall–Kier alpha value is -1.35. The second-order valence-corrected chi connectivity index (χ2v) is 8.17. The van der Waals surface area contributed by atoms with Crippen molar-refractivity contribution < 1.29 is 18.0 Å². The number of carbonyl (C=O) groups excluding carboxylic acids is 2. The second-order valence-electron chi connectivity index (χ2n) is 5.94. The van der Waals surface area contributed by atoms with E-state index in [0.29, 0.717) is 13.0 Å². The number of carbonyl (C=O) groups is 2. The molecule has 2 saturated heterocycles. The van der Waals surface area contributed by atoms with Crippen LogP contribution in [0.2, 0.25) is 0 Å². The maximum absolute atomic E-state index is 11.9. The first-order valence-corrected chi connectivity index (χ1v) is 9.40. The zero-order valence-electron chi connectivity index (χ0n) is 12.8. The molecule has 0 radical (unpaired) electrons. The minimum atomic E-state index is -2.98. The van der Waals surface area contributed by atoms with Crippen molar-refractivity contribution in [1.82, 2.24) is 20.9 Å². The first-order chi connectivity index (χ1) is 10.4. The Labute approximate surface area is 130 Å². The van der Waals surface area contributed by atoms with Gasteiger partial charge in [0.15, 0.2) is 9.84 Å². The number of hydrogen-bond donors (Lipinski definition) is 3. The van der Waals surface area contributed by atoms with Gasteiger partial charge >= 0.3 is 6.03 Å². The smallest absolute Gasteiger partial charge is 0.315 e. The van der Waals surface area contributed by atoms with Gasteiger partial charge in [0.1, 0.15) is 0 Å². The summed E-state index contributed by atoms with van der Waals surface area (Å²) in [6, 6.07) is -0.510. The normalized spacial score (nSPS) is 25.6. The zero-order chi connectivity index (χ0) is 16.2. The lowest BCUT2D eigenvalue weighted by atomic mass is 10.1. The van der Waals surface area contributed by atoms with E-state index >= 15 is 0 Å². The van der Waals surface area contributed by atoms with E-state index in [1.807, 2.05) is 0 Å². The Morgan fingerprint density at radius 1 is 1.09 bits per heavy atom. The Morgan fingerprint density at radius 3 is 2.27 bits per heavy atom. The predicted molar refractivity (Wildman–Crippen MR) is 82.3 cm³/mol. The molecule has 0 saturated carbocycles. The lowest BCUT2D eigenvalue weighted by molar-refractivity contribution is -0.122. The van der Waals surface area contributed by atoms with Crippen LogP contribution < -0.4 is 16.0 Å². The van der Waals surface area contributed by atoms with Crippen LogP contribution in [0.5, 0.6) is 0 Å². The summed E-state index contributed by atoms with van der Waals surface area (Å²) >= 11 is 0. The number of urea groups is 1. The third kappa shape index (κ3) is 5.13. The summed E-state index contributed by atoms with van der Waals surface area (Å²) in [6.45, 7) is 1.90. The molecule has 0 aromatic carbocycles. The fraction of sp³-hybridized carbons (Fsp3) is 0.846. The summed E-state index contributed by atoms with van der Waals surface area (Å²) < 4.78 is 22.7. The molecule has 2 aliphatic rings. The van der Waals surface area contributed by atoms with Crippen molar-refractivity contribution in [3.05, 3.63) is 0 Å². The van der Waals surface area contributed by atoms with Crippen LogP contribution in [0.25, 0.3) is 0 Å². The Morgan fingerprint density at radius 2 is 1.73 bits per heavy atom. The van der Waals surface area contributed by atoms with Gasteiger partial charge in [0.05, 0.1) is 18.1 Å². The predicted octanol–water partition coefficient (Wildman–Crippen LogP) is -1.32. The third-order valence-corrected chi connectivity index (χ3v) is 5.90. The lowest BCUT2D eigenvalue weighted by Gasteiger charge is -2.31. The number of piperidine rings is 1. The molecule has 2 fully saturated rings. The number of rotatable bonds is 4. The van der Waals surface area contributed by atoms with Crippen molar-refractivity contribution in [3.8, 4) is 0 Å². The third-order valence-electron chi connectivity index (χ3n) is 4.14. The summed E-state index contributed by atoms with van der Waals surface area (Å²) in [5.74, 6) is 0.174. The topological polar surface area (TPSA) is 108 Å². The molecule has 0 aromatic heterocycles. The molecule has 0 aliphatic carbocycles. The zero-order valence-corrected chi connectivity index (χ0v) is 13.6. The van der Waals surface area contributed by atoms with Crippen LogP contribution in [-0.2, 0) is 14.6 Å². The van der Waals surface area contributed by atoms with Crippen LogP contribution in [0.1, 0.15) is 19.3 Å². The number of nitrogens with one attached hydrogen (secondary N) is 3. The molecule has 2 rings (SSSR count). The molecular weight excluding hydrogens is 308 g/mol. The fourth-order valence-corrected chi connectivity index (χ4v) is 4.51. The van der Waals surface area contributed by atoms with Gasteiger partial charge in [-0.25, -0.2) is 13.2 Å². The number of amides is 3. The van der Waals surface area contributed by atoms with Gasteiger partial charge in [-0.1, -0.05) is 0 Å². The largest absolute Gasteiger partial charge is 0.358 e. The summed E-state index contributed by atoms with van der Waals surface area (Å²) in [5, 5.41) is 8.21. The first-order valence-electron chi connectivity index (χ1n) is 7.58. The highest BCUT2D eigenvalue weighted by Gasteiger charge is 2.29. The van der Waals surface area contributed by atoms with Crippen molar-refractivity contribution in [2.24, 2.45) is 0 Å². The molecular formula is C13H24N4O4S. The van der Waals surface area contributed by atoms with Crippen LogP contribution in [0.3, 0.4) is 0 Å². The highest BCUT2D eigenvalue weighted by molar-refractivity contribution is 7.91. The van der Waals surface area contributed by atoms with Crippen molar-refractivity contribution in [2.75, 3.05) is 38.2 Å². The van der Waals surface area contributed by atoms with Gasteiger partial charge in [-0.2, -0.15) is 0 Å². The summed E-state index contributed by atoms with van der Waals surface area (Å²) in [6.07, 6.45) is 2.06. The average Bonchev–Trinajstić information content (AvgIpc) is 2.79. The van der Waals surface area contributed by atoms with Gasteiger partial charge in [-0.15, -0.1) is 0 Å². The molecule has 3 amide bonds. The molecule has 22 heavy (non-hydrogen) atoms. The Bertz CT molecular complexity index is 514. The van der Waals surface area contributed by atoms with E-state index in [-0.39, 0.29) is 35.5 Å². The number of nitrogens with zero attached hydrogens (tertiary/aromatic N) is 1. The summed E-state index contributed by atoms with van der Waals surface area (Å²) in [7, 11) is -1.37. The molecule has 0 aromatic rings. The molecule has 0 bridgehead atoms. The molecule has 3 N–H and O–H groups in total. The van der Waals surface area contributed by atoms with Crippen LogP contribution in [0, 0.1) is 0 Å². The van der Waals surface area contributed by atoms with Gasteiger partial charge < -0.3 is 16.0 Å². The molecule has 2 heterocycles. The quantitative estimate of drug-likeness (QED) is 0.592. The molecule has 0 spiro atoms. The minimum absolute atomic E-state index is 0.00778. The monoisotopic (exact) mass is 332 g/mol. The van der Waals surface area contributed by atoms with Crippen LogP contribution in [0.15, 0.2) is 0 Å². The molecule has 1 unspecified atom stereocenters. The van der Waals surface area contributed by atoms with Gasteiger partial charge in [-0.3, -0.25) is 9.69 Å². The van der Waals surface area contributed by atoms with Crippen LogP contribution >= 0.6 is 0 Å². The summed E-state index contributed by atoms with van der Waals surface area (Å²) in [4.78, 5) is 25.2. The van der Waals surface area contributed by atoms with Crippen molar-refractivity contribution in [2.45, 2.75) is 31.3 Å². The molecule has 1 atom stereocenters. The molecule has 9 heteroatoms. The van der Waals surface area contributed by atoms with E-state index in [4.69, 9.17) is 0 Å². The number of likely N-dealkylation sites (tertiary alicyclic amines) is 1. The van der Waals surface area contributed by atoms with E-state index in [9.17, 15) is 18.0 Å². The molecule has 2 aliphatic heterocycles. The van der Waals surface area contributed by atoms with Gasteiger partial charge in [0, 0.05) is 32.2 Å². The van der Waals surface area contributed by atoms with E-state index in [1.165, 1.54) is 0 Å². The minimum Gasteiger partial charge on any atom is -0.358 e. The van der Waals surface area contributed by atoms with Crippen molar-refractivity contribution >= 4 is 21.8 Å². The van der Waals surface area contributed by atoms with Crippen LogP contribution in [0.4, 0.5) is 4.79 Å². The van der Waals surface area contributed by atoms with E-state index < -0.39 is 9.84 Å². The van der Waals surface area contributed by atoms with Crippen molar-refractivity contribution in [1.29, 1.82) is 0 Å². The van der Waals surface area contributed by atoms with Gasteiger partial charge in [0.2, 0.25) is 5.91 Å². The fourth-order valence-electron chi connectivity index (χ4n) is 2.84. The van der Waals surface area contributed by atoms with Crippen LogP contribution in [-0.4, -0.2) is 75.5 Å². The first kappa shape index (κ1) is 17.0. The standard InChI is InChI=1S/C13H24N4O4S/c1-14-12(18)8-17-5-2-10(3-6-17)15-13(19)16-11-4-7-22(20,21)9-11/h10-11H,2-9H2,1H3,(H,14,18)(H2,15,16,19). The number of likely N-dealkylation sites (N-methyl/N-ethyl adjacent to an activating group) is 1. The number of sulfone groups is 1. The van der Waals surface area contributed by atoms with E-state index in [1.54, 1.807) is 7.05 Å². The maximum atomic E-state index is 11.9.